The number of carbonyl (C=O) groups is 1. The number of ether oxygens (including phenoxy) is 1. The van der Waals surface area contributed by atoms with Gasteiger partial charge in [0.2, 0.25) is 0 Å². The van der Waals surface area contributed by atoms with E-state index < -0.39 is 0 Å². The molecule has 3 N–H and O–H groups in total. The van der Waals surface area contributed by atoms with E-state index in [1.165, 1.54) is 4.88 Å². The van der Waals surface area contributed by atoms with Crippen molar-refractivity contribution in [3.8, 4) is 5.75 Å². The Balaban J connectivity index is 0.00000341. The highest BCUT2D eigenvalue weighted by Gasteiger charge is 2.23. The number of aryl methyl sites for hydroxylation is 1. The Kier molecular flexibility index (Phi) is 11.1. The van der Waals surface area contributed by atoms with Crippen molar-refractivity contribution in [2.45, 2.75) is 52.1 Å². The third kappa shape index (κ3) is 9.42. The first-order valence-electron chi connectivity index (χ1n) is 10.6. The number of thiazole rings is 1. The van der Waals surface area contributed by atoms with Crippen LogP contribution < -0.4 is 20.7 Å². The molecule has 0 atom stereocenters. The lowest BCUT2D eigenvalue weighted by Crippen LogP contribution is -2.38. The second-order valence-corrected chi connectivity index (χ2v) is 8.42. The summed E-state index contributed by atoms with van der Waals surface area (Å²) in [7, 11) is 0. The van der Waals surface area contributed by atoms with E-state index in [0.29, 0.717) is 18.3 Å². The maximum absolute atomic E-state index is 11.8. The number of hydrogen-bond donors (Lipinski definition) is 3. The SMILES string of the molecule is CCNC(=NCc1cccc(OCC(=O)NC2CC2)c1)NCCc1ncc(CC)s1.I. The van der Waals surface area contributed by atoms with Crippen molar-refractivity contribution in [3.63, 3.8) is 0 Å². The number of aliphatic imine (C=N–C) groups is 1. The topological polar surface area (TPSA) is 87.6 Å². The van der Waals surface area contributed by atoms with Crippen LogP contribution in [0.3, 0.4) is 0 Å². The van der Waals surface area contributed by atoms with Gasteiger partial charge in [-0.15, -0.1) is 35.3 Å². The zero-order valence-corrected chi connectivity index (χ0v) is 21.3. The molecule has 1 fully saturated rings. The van der Waals surface area contributed by atoms with Crippen molar-refractivity contribution in [1.82, 2.24) is 20.9 Å². The number of nitrogens with one attached hydrogen (secondary N) is 3. The third-order valence-corrected chi connectivity index (χ3v) is 5.76. The van der Waals surface area contributed by atoms with E-state index in [4.69, 9.17) is 4.74 Å². The van der Waals surface area contributed by atoms with Crippen LogP contribution >= 0.6 is 35.3 Å². The summed E-state index contributed by atoms with van der Waals surface area (Å²) in [6.07, 6.45) is 6.02. The van der Waals surface area contributed by atoms with Gasteiger partial charge in [-0.1, -0.05) is 19.1 Å². The van der Waals surface area contributed by atoms with Crippen LogP contribution in [0.2, 0.25) is 0 Å². The Hall–Kier alpha value is -1.88. The van der Waals surface area contributed by atoms with Crippen molar-refractivity contribution in [3.05, 3.63) is 45.9 Å². The van der Waals surface area contributed by atoms with Gasteiger partial charge >= 0.3 is 0 Å². The van der Waals surface area contributed by atoms with Gasteiger partial charge in [-0.3, -0.25) is 4.79 Å². The maximum atomic E-state index is 11.8. The second kappa shape index (κ2) is 13.5. The first kappa shape index (κ1) is 25.4. The standard InChI is InChI=1S/C22H31N5O2S.HI/c1-3-19-14-25-21(30-19)10-11-24-22(23-4-2)26-13-16-6-5-7-18(12-16)29-15-20(28)27-17-8-9-17;/h5-7,12,14,17H,3-4,8-11,13,15H2,1-2H3,(H,27,28)(H2,23,24,26);1H. The Morgan fingerprint density at radius 2 is 2.13 bits per heavy atom. The Bertz CT molecular complexity index is 854. The lowest BCUT2D eigenvalue weighted by Gasteiger charge is -2.11. The zero-order valence-electron chi connectivity index (χ0n) is 18.1. The molecule has 1 aromatic carbocycles. The highest BCUT2D eigenvalue weighted by Crippen LogP contribution is 2.19. The molecule has 1 aromatic heterocycles. The smallest absolute Gasteiger partial charge is 0.258 e. The lowest BCUT2D eigenvalue weighted by molar-refractivity contribution is -0.123. The van der Waals surface area contributed by atoms with Gasteiger partial charge in [0.25, 0.3) is 5.91 Å². The fourth-order valence-corrected chi connectivity index (χ4v) is 3.67. The molecule has 0 saturated heterocycles. The van der Waals surface area contributed by atoms with Crippen molar-refractivity contribution >= 4 is 47.2 Å². The van der Waals surface area contributed by atoms with Gasteiger partial charge in [0.05, 0.1) is 11.6 Å². The van der Waals surface area contributed by atoms with Crippen molar-refractivity contribution in [1.29, 1.82) is 0 Å². The molecule has 9 heteroatoms. The molecule has 1 heterocycles. The number of hydrogen-bond acceptors (Lipinski definition) is 5. The number of rotatable bonds is 11. The average Bonchev–Trinajstić information content (AvgIpc) is 3.45. The Morgan fingerprint density at radius 3 is 2.84 bits per heavy atom. The molecule has 1 amide bonds. The van der Waals surface area contributed by atoms with Crippen molar-refractivity contribution in [2.75, 3.05) is 19.7 Å². The summed E-state index contributed by atoms with van der Waals surface area (Å²) >= 11 is 1.77. The first-order chi connectivity index (χ1) is 14.7. The number of benzene rings is 1. The van der Waals surface area contributed by atoms with Crippen LogP contribution in [0.4, 0.5) is 0 Å². The molecule has 0 unspecified atom stereocenters. The van der Waals surface area contributed by atoms with Crippen LogP contribution in [0.5, 0.6) is 5.75 Å². The number of nitrogens with zero attached hydrogens (tertiary/aromatic N) is 2. The van der Waals surface area contributed by atoms with Crippen molar-refractivity contribution in [2.24, 2.45) is 4.99 Å². The monoisotopic (exact) mass is 557 g/mol. The van der Waals surface area contributed by atoms with Crippen LogP contribution in [-0.2, 0) is 24.2 Å². The number of amides is 1. The van der Waals surface area contributed by atoms with E-state index in [0.717, 1.165) is 55.3 Å². The van der Waals surface area contributed by atoms with E-state index in [1.807, 2.05) is 37.4 Å². The molecule has 31 heavy (non-hydrogen) atoms. The predicted octanol–water partition coefficient (Wildman–Crippen LogP) is 3.28. The summed E-state index contributed by atoms with van der Waals surface area (Å²) < 4.78 is 5.62. The molecule has 7 nitrogen and oxygen atoms in total. The molecule has 170 valence electrons. The minimum absolute atomic E-state index is 0. The van der Waals surface area contributed by atoms with E-state index in [9.17, 15) is 4.79 Å². The molecule has 0 bridgehead atoms. The Morgan fingerprint density at radius 1 is 1.29 bits per heavy atom. The minimum atomic E-state index is -0.0640. The predicted molar refractivity (Wildman–Crippen MR) is 137 cm³/mol. The molecule has 0 spiro atoms. The van der Waals surface area contributed by atoms with Crippen LogP contribution in [0.15, 0.2) is 35.5 Å². The molecule has 1 aliphatic carbocycles. The normalized spacial score (nSPS) is 13.3. The summed E-state index contributed by atoms with van der Waals surface area (Å²) in [5, 5.41) is 10.7. The first-order valence-corrected chi connectivity index (χ1v) is 11.4. The molecule has 1 aliphatic rings. The van der Waals surface area contributed by atoms with Gasteiger partial charge in [-0.05, 0) is 43.9 Å². The van der Waals surface area contributed by atoms with E-state index in [-0.39, 0.29) is 36.5 Å². The van der Waals surface area contributed by atoms with Crippen molar-refractivity contribution < 1.29 is 9.53 Å². The summed E-state index contributed by atoms with van der Waals surface area (Å²) in [6.45, 7) is 6.34. The molecule has 3 rings (SSSR count). The number of carbonyl (C=O) groups excluding carboxylic acids is 1. The van der Waals surface area contributed by atoms with Crippen LogP contribution in [0.1, 0.15) is 42.1 Å². The summed E-state index contributed by atoms with van der Waals surface area (Å²) in [5.74, 6) is 1.40. The number of halogens is 1. The fraction of sp³-hybridized carbons (Fsp3) is 0.500. The largest absolute Gasteiger partial charge is 0.484 e. The summed E-state index contributed by atoms with van der Waals surface area (Å²) in [5.41, 5.74) is 1.03. The zero-order chi connectivity index (χ0) is 21.2. The van der Waals surface area contributed by atoms with Gasteiger partial charge in [0, 0.05) is 36.6 Å². The molecule has 1 saturated carbocycles. The molecular weight excluding hydrogens is 525 g/mol. The average molecular weight is 558 g/mol. The fourth-order valence-electron chi connectivity index (χ4n) is 2.81. The van der Waals surface area contributed by atoms with Gasteiger partial charge in [-0.25, -0.2) is 9.98 Å². The molecule has 2 aromatic rings. The number of guanidine groups is 1. The van der Waals surface area contributed by atoms with Crippen LogP contribution in [0.25, 0.3) is 0 Å². The van der Waals surface area contributed by atoms with Gasteiger partial charge < -0.3 is 20.7 Å². The number of aromatic nitrogens is 1. The van der Waals surface area contributed by atoms with Gasteiger partial charge in [-0.2, -0.15) is 0 Å². The highest BCUT2D eigenvalue weighted by molar-refractivity contribution is 14.0. The molecular formula is C22H32IN5O2S. The maximum Gasteiger partial charge on any atom is 0.258 e. The van der Waals surface area contributed by atoms with E-state index >= 15 is 0 Å². The van der Waals surface area contributed by atoms with Crippen LogP contribution in [-0.4, -0.2) is 42.6 Å². The second-order valence-electron chi connectivity index (χ2n) is 7.22. The lowest BCUT2D eigenvalue weighted by atomic mass is 10.2. The minimum Gasteiger partial charge on any atom is -0.484 e. The Labute approximate surface area is 205 Å². The summed E-state index contributed by atoms with van der Waals surface area (Å²) in [4.78, 5) is 22.2. The van der Waals surface area contributed by atoms with E-state index in [1.54, 1.807) is 11.3 Å². The van der Waals surface area contributed by atoms with Crippen LogP contribution in [0, 0.1) is 0 Å². The molecule has 0 radical (unpaired) electrons. The highest BCUT2D eigenvalue weighted by atomic mass is 127. The third-order valence-electron chi connectivity index (χ3n) is 4.56. The van der Waals surface area contributed by atoms with E-state index in [2.05, 4.69) is 32.9 Å². The van der Waals surface area contributed by atoms with Gasteiger partial charge in [0.1, 0.15) is 5.75 Å². The van der Waals surface area contributed by atoms with Gasteiger partial charge in [0.15, 0.2) is 12.6 Å². The quantitative estimate of drug-likeness (QED) is 0.224. The molecule has 0 aliphatic heterocycles. The summed E-state index contributed by atoms with van der Waals surface area (Å²) in [6, 6.07) is 8.07.